The molecule has 1 fully saturated rings. The van der Waals surface area contributed by atoms with E-state index >= 15 is 0 Å². The number of rotatable bonds is 6. The Morgan fingerprint density at radius 3 is 2.42 bits per heavy atom. The summed E-state index contributed by atoms with van der Waals surface area (Å²) in [6.45, 7) is 7.18. The van der Waals surface area contributed by atoms with Crippen LogP contribution in [0.15, 0.2) is 0 Å². The Morgan fingerprint density at radius 1 is 1.42 bits per heavy atom. The fourth-order valence-corrected chi connectivity index (χ4v) is 3.25. The minimum atomic E-state index is -3.21. The number of sulfonamides is 1. The normalized spacial score (nSPS) is 24.4. The van der Waals surface area contributed by atoms with Gasteiger partial charge in [0.25, 0.3) is 0 Å². The monoisotopic (exact) mass is 313 g/mol. The van der Waals surface area contributed by atoms with Crippen molar-refractivity contribution in [3.63, 3.8) is 0 Å². The summed E-state index contributed by atoms with van der Waals surface area (Å²) in [5.74, 6) is 0.263. The fourth-order valence-electron chi connectivity index (χ4n) is 2.38. The van der Waals surface area contributed by atoms with Gasteiger partial charge in [0.15, 0.2) is 0 Å². The summed E-state index contributed by atoms with van der Waals surface area (Å²) in [6, 6.07) is -0.130. The first-order chi connectivity index (χ1) is 8.25. The van der Waals surface area contributed by atoms with Gasteiger partial charge in [0.05, 0.1) is 12.3 Å². The van der Waals surface area contributed by atoms with Crippen molar-refractivity contribution in [3.05, 3.63) is 0 Å². The summed E-state index contributed by atoms with van der Waals surface area (Å²) in [7, 11) is -3.21. The molecule has 6 nitrogen and oxygen atoms in total. The highest BCUT2D eigenvalue weighted by Gasteiger charge is 2.36. The lowest BCUT2D eigenvalue weighted by Gasteiger charge is -2.22. The van der Waals surface area contributed by atoms with Gasteiger partial charge in [-0.2, -0.15) is 0 Å². The van der Waals surface area contributed by atoms with Crippen LogP contribution in [-0.2, 0) is 14.8 Å². The fraction of sp³-hybridized carbons (Fsp3) is 0.909. The SMILES string of the molecule is CCS(=O)(=O)N[C@H]1CN(CC(N)=O)C[C@@H]1C(C)C.Cl. The molecule has 3 N–H and O–H groups in total. The lowest BCUT2D eigenvalue weighted by Crippen LogP contribution is -2.42. The molecule has 1 aliphatic heterocycles. The molecular weight excluding hydrogens is 290 g/mol. The largest absolute Gasteiger partial charge is 0.369 e. The van der Waals surface area contributed by atoms with E-state index in [9.17, 15) is 13.2 Å². The van der Waals surface area contributed by atoms with Crippen molar-refractivity contribution < 1.29 is 13.2 Å². The first kappa shape index (κ1) is 18.6. The number of likely N-dealkylation sites (tertiary alicyclic amines) is 1. The van der Waals surface area contributed by atoms with Crippen LogP contribution in [0, 0.1) is 11.8 Å². The summed E-state index contributed by atoms with van der Waals surface area (Å²) < 4.78 is 26.0. The summed E-state index contributed by atoms with van der Waals surface area (Å²) >= 11 is 0. The van der Waals surface area contributed by atoms with Gasteiger partial charge >= 0.3 is 0 Å². The zero-order valence-corrected chi connectivity index (χ0v) is 13.3. The highest BCUT2D eigenvalue weighted by molar-refractivity contribution is 7.89. The van der Waals surface area contributed by atoms with E-state index in [1.165, 1.54) is 0 Å². The molecule has 2 atom stereocenters. The summed E-state index contributed by atoms with van der Waals surface area (Å²) in [6.07, 6.45) is 0. The third-order valence-corrected chi connectivity index (χ3v) is 4.81. The van der Waals surface area contributed by atoms with Gasteiger partial charge in [-0.05, 0) is 18.8 Å². The van der Waals surface area contributed by atoms with E-state index in [1.54, 1.807) is 6.92 Å². The average Bonchev–Trinajstić information content (AvgIpc) is 2.59. The van der Waals surface area contributed by atoms with Crippen LogP contribution in [0.2, 0.25) is 0 Å². The summed E-state index contributed by atoms with van der Waals surface area (Å²) in [5, 5.41) is 0. The van der Waals surface area contributed by atoms with Crippen molar-refractivity contribution in [3.8, 4) is 0 Å². The minimum Gasteiger partial charge on any atom is -0.369 e. The van der Waals surface area contributed by atoms with Gasteiger partial charge in [-0.1, -0.05) is 13.8 Å². The van der Waals surface area contributed by atoms with Gasteiger partial charge in [-0.15, -0.1) is 12.4 Å². The molecule has 0 radical (unpaired) electrons. The molecule has 1 rings (SSSR count). The van der Waals surface area contributed by atoms with Crippen molar-refractivity contribution in [2.45, 2.75) is 26.8 Å². The van der Waals surface area contributed by atoms with Crippen molar-refractivity contribution >= 4 is 28.3 Å². The summed E-state index contributed by atoms with van der Waals surface area (Å²) in [5.41, 5.74) is 5.17. The van der Waals surface area contributed by atoms with Crippen LogP contribution >= 0.6 is 12.4 Å². The molecular formula is C11H24ClN3O3S. The predicted molar refractivity (Wildman–Crippen MR) is 77.6 cm³/mol. The second-order valence-corrected chi connectivity index (χ2v) is 7.24. The number of carbonyl (C=O) groups excluding carboxylic acids is 1. The number of carbonyl (C=O) groups is 1. The van der Waals surface area contributed by atoms with Crippen LogP contribution < -0.4 is 10.5 Å². The van der Waals surface area contributed by atoms with Gasteiger partial charge in [0.2, 0.25) is 15.9 Å². The molecule has 0 aromatic heterocycles. The molecule has 0 bridgehead atoms. The third-order valence-electron chi connectivity index (χ3n) is 3.39. The zero-order chi connectivity index (χ0) is 13.9. The molecule has 0 saturated carbocycles. The maximum Gasteiger partial charge on any atom is 0.231 e. The molecule has 1 saturated heterocycles. The van der Waals surface area contributed by atoms with Crippen LogP contribution in [0.4, 0.5) is 0 Å². The van der Waals surface area contributed by atoms with Crippen LogP contribution in [0.1, 0.15) is 20.8 Å². The molecule has 0 aliphatic carbocycles. The van der Waals surface area contributed by atoms with Gasteiger partial charge in [0, 0.05) is 19.1 Å². The van der Waals surface area contributed by atoms with Crippen molar-refractivity contribution in [2.75, 3.05) is 25.4 Å². The lowest BCUT2D eigenvalue weighted by atomic mass is 9.92. The average molecular weight is 314 g/mol. The van der Waals surface area contributed by atoms with Gasteiger partial charge in [0.1, 0.15) is 0 Å². The van der Waals surface area contributed by atoms with Gasteiger partial charge in [-0.3, -0.25) is 9.69 Å². The maximum absolute atomic E-state index is 11.6. The maximum atomic E-state index is 11.6. The Balaban J connectivity index is 0.00000324. The van der Waals surface area contributed by atoms with Crippen molar-refractivity contribution in [1.29, 1.82) is 0 Å². The molecule has 1 amide bonds. The smallest absolute Gasteiger partial charge is 0.231 e. The van der Waals surface area contributed by atoms with E-state index in [-0.39, 0.29) is 42.6 Å². The zero-order valence-electron chi connectivity index (χ0n) is 11.6. The first-order valence-electron chi connectivity index (χ1n) is 6.25. The van der Waals surface area contributed by atoms with E-state index in [2.05, 4.69) is 18.6 Å². The van der Waals surface area contributed by atoms with Crippen LogP contribution in [0.25, 0.3) is 0 Å². The molecule has 19 heavy (non-hydrogen) atoms. The highest BCUT2D eigenvalue weighted by atomic mass is 35.5. The van der Waals surface area contributed by atoms with E-state index < -0.39 is 10.0 Å². The topological polar surface area (TPSA) is 92.5 Å². The first-order valence-corrected chi connectivity index (χ1v) is 7.91. The van der Waals surface area contributed by atoms with E-state index in [0.29, 0.717) is 19.0 Å². The number of nitrogens with one attached hydrogen (secondary N) is 1. The van der Waals surface area contributed by atoms with E-state index in [4.69, 9.17) is 5.73 Å². The predicted octanol–water partition coefficient (Wildman–Crippen LogP) is -0.211. The Morgan fingerprint density at radius 2 is 2.00 bits per heavy atom. The molecule has 1 aliphatic rings. The second kappa shape index (κ2) is 7.42. The number of amides is 1. The van der Waals surface area contributed by atoms with Crippen molar-refractivity contribution in [2.24, 2.45) is 17.6 Å². The van der Waals surface area contributed by atoms with E-state index in [0.717, 1.165) is 0 Å². The van der Waals surface area contributed by atoms with Crippen LogP contribution in [0.5, 0.6) is 0 Å². The summed E-state index contributed by atoms with van der Waals surface area (Å²) in [4.78, 5) is 12.8. The van der Waals surface area contributed by atoms with Gasteiger partial charge in [-0.25, -0.2) is 13.1 Å². The van der Waals surface area contributed by atoms with Crippen LogP contribution in [0.3, 0.4) is 0 Å². The number of halogens is 1. The number of hydrogen-bond acceptors (Lipinski definition) is 4. The molecule has 1 heterocycles. The third kappa shape index (κ3) is 5.64. The number of nitrogens with zero attached hydrogens (tertiary/aromatic N) is 1. The number of primary amides is 1. The second-order valence-electron chi connectivity index (χ2n) is 5.20. The standard InChI is InChI=1S/C11H23N3O3S.ClH/c1-4-18(16,17)13-10-6-14(7-11(12)15)5-9(10)8(2)3;/h8-10,13H,4-7H2,1-3H3,(H2,12,15);1H/t9-,10+;/m1./s1. The molecule has 0 unspecified atom stereocenters. The Labute approximate surface area is 121 Å². The number of nitrogens with two attached hydrogens (primary N) is 1. The molecule has 114 valence electrons. The Bertz CT molecular complexity index is 400. The Kier molecular flexibility index (Phi) is 7.28. The minimum absolute atomic E-state index is 0. The van der Waals surface area contributed by atoms with Crippen LogP contribution in [-0.4, -0.2) is 50.7 Å². The molecule has 0 aromatic rings. The quantitative estimate of drug-likeness (QED) is 0.709. The Hall–Kier alpha value is -0.370. The molecule has 0 aromatic carbocycles. The van der Waals surface area contributed by atoms with Gasteiger partial charge < -0.3 is 5.73 Å². The molecule has 8 heteroatoms. The molecule has 0 spiro atoms. The van der Waals surface area contributed by atoms with E-state index in [1.807, 2.05) is 4.90 Å². The highest BCUT2D eigenvalue weighted by Crippen LogP contribution is 2.24. The van der Waals surface area contributed by atoms with Crippen molar-refractivity contribution in [1.82, 2.24) is 9.62 Å². The number of hydrogen-bond donors (Lipinski definition) is 2. The lowest BCUT2D eigenvalue weighted by molar-refractivity contribution is -0.118.